The molecule has 0 atom stereocenters. The van der Waals surface area contributed by atoms with Crippen molar-refractivity contribution >= 4 is 21.4 Å². The maximum absolute atomic E-state index is 12.4. The maximum Gasteiger partial charge on any atom is 0.225 e. The van der Waals surface area contributed by atoms with Gasteiger partial charge in [-0.15, -0.1) is 0 Å². The first-order chi connectivity index (χ1) is 12.3. The molecule has 0 aliphatic carbocycles. The van der Waals surface area contributed by atoms with E-state index in [4.69, 9.17) is 10.00 Å². The first-order valence-corrected chi connectivity index (χ1v) is 9.75. The minimum Gasteiger partial charge on any atom is -0.491 e. The number of hydrogen-bond donors (Lipinski definition) is 1. The van der Waals surface area contributed by atoms with Gasteiger partial charge in [-0.1, -0.05) is 6.07 Å². The van der Waals surface area contributed by atoms with Crippen LogP contribution < -0.4 is 10.1 Å². The Kier molecular flexibility index (Phi) is 6.36. The first-order valence-electron chi connectivity index (χ1n) is 8.09. The Hall–Kier alpha value is -2.85. The van der Waals surface area contributed by atoms with Crippen molar-refractivity contribution < 1.29 is 17.9 Å². The number of hydrogen-bond acceptors (Lipinski definition) is 5. The quantitative estimate of drug-likeness (QED) is 0.805. The summed E-state index contributed by atoms with van der Waals surface area (Å²) < 4.78 is 30.2. The van der Waals surface area contributed by atoms with Crippen LogP contribution in [0.4, 0.5) is 5.69 Å². The number of amides is 1. The van der Waals surface area contributed by atoms with Crippen LogP contribution in [0.15, 0.2) is 53.4 Å². The van der Waals surface area contributed by atoms with E-state index in [0.717, 1.165) is 0 Å². The van der Waals surface area contributed by atoms with E-state index in [9.17, 15) is 13.2 Å². The van der Waals surface area contributed by atoms with Crippen LogP contribution in [0.1, 0.15) is 25.8 Å². The van der Waals surface area contributed by atoms with Gasteiger partial charge in [-0.2, -0.15) is 5.26 Å². The molecule has 0 heterocycles. The van der Waals surface area contributed by atoms with Crippen molar-refractivity contribution in [2.45, 2.75) is 31.3 Å². The summed E-state index contributed by atoms with van der Waals surface area (Å²) in [6, 6.07) is 14.5. The van der Waals surface area contributed by atoms with Crippen molar-refractivity contribution in [2.24, 2.45) is 0 Å². The van der Waals surface area contributed by atoms with E-state index in [2.05, 4.69) is 5.32 Å². The van der Waals surface area contributed by atoms with Crippen LogP contribution in [0, 0.1) is 11.3 Å². The van der Waals surface area contributed by atoms with Crippen molar-refractivity contribution in [3.63, 3.8) is 0 Å². The fourth-order valence-corrected chi connectivity index (χ4v) is 3.47. The van der Waals surface area contributed by atoms with Gasteiger partial charge in [0.05, 0.1) is 28.4 Å². The second-order valence-electron chi connectivity index (χ2n) is 5.95. The molecule has 26 heavy (non-hydrogen) atoms. The molecule has 2 rings (SSSR count). The van der Waals surface area contributed by atoms with E-state index in [1.807, 2.05) is 19.9 Å². The predicted molar refractivity (Wildman–Crippen MR) is 98.7 cm³/mol. The summed E-state index contributed by atoms with van der Waals surface area (Å²) in [5.74, 6) is -0.140. The zero-order chi connectivity index (χ0) is 19.2. The largest absolute Gasteiger partial charge is 0.491 e. The predicted octanol–water partition coefficient (Wildman–Crippen LogP) is 3.15. The average Bonchev–Trinajstić information content (AvgIpc) is 2.60. The molecule has 136 valence electrons. The third kappa shape index (κ3) is 5.60. The molecular formula is C19H20N2O4S. The van der Waals surface area contributed by atoms with Gasteiger partial charge in [-0.3, -0.25) is 4.79 Å². The molecule has 0 saturated carbocycles. The number of nitrogens with one attached hydrogen (secondary N) is 1. The van der Waals surface area contributed by atoms with Crippen molar-refractivity contribution in [1.29, 1.82) is 5.26 Å². The molecule has 0 aromatic heterocycles. The van der Waals surface area contributed by atoms with Crippen molar-refractivity contribution in [1.82, 2.24) is 0 Å². The van der Waals surface area contributed by atoms with Crippen LogP contribution in [0.2, 0.25) is 0 Å². The summed E-state index contributed by atoms with van der Waals surface area (Å²) in [7, 11) is -3.57. The Morgan fingerprint density at radius 1 is 1.19 bits per heavy atom. The summed E-state index contributed by atoms with van der Waals surface area (Å²) in [6.45, 7) is 3.77. The minimum atomic E-state index is -3.57. The van der Waals surface area contributed by atoms with E-state index in [0.29, 0.717) is 17.0 Å². The highest BCUT2D eigenvalue weighted by atomic mass is 32.2. The molecule has 0 saturated heterocycles. The van der Waals surface area contributed by atoms with Gasteiger partial charge >= 0.3 is 0 Å². The zero-order valence-corrected chi connectivity index (χ0v) is 15.4. The molecule has 0 aliphatic heterocycles. The average molecular weight is 372 g/mol. The molecule has 2 aromatic rings. The molecule has 7 heteroatoms. The highest BCUT2D eigenvalue weighted by Crippen LogP contribution is 2.19. The third-order valence-corrected chi connectivity index (χ3v) is 5.16. The van der Waals surface area contributed by atoms with Gasteiger partial charge in [-0.25, -0.2) is 8.42 Å². The maximum atomic E-state index is 12.4. The second-order valence-corrected chi connectivity index (χ2v) is 8.06. The SMILES string of the molecule is CC(C)Oc1ccc(S(=O)(=O)CCC(=O)Nc2cccc(C#N)c2)cc1. The number of carbonyl (C=O) groups is 1. The van der Waals surface area contributed by atoms with Crippen molar-refractivity contribution in [3.8, 4) is 11.8 Å². The second kappa shape index (κ2) is 8.50. The van der Waals surface area contributed by atoms with Crippen molar-refractivity contribution in [2.75, 3.05) is 11.1 Å². The number of sulfone groups is 1. The van der Waals surface area contributed by atoms with E-state index in [1.54, 1.807) is 30.3 Å². The summed E-state index contributed by atoms with van der Waals surface area (Å²) >= 11 is 0. The van der Waals surface area contributed by atoms with Gasteiger partial charge in [0.2, 0.25) is 5.91 Å². The van der Waals surface area contributed by atoms with Crippen LogP contribution in [0.5, 0.6) is 5.75 Å². The van der Waals surface area contributed by atoms with E-state index >= 15 is 0 Å². The molecule has 1 N–H and O–H groups in total. The molecule has 6 nitrogen and oxygen atoms in total. The van der Waals surface area contributed by atoms with Crippen LogP contribution in [-0.2, 0) is 14.6 Å². The standard InChI is InChI=1S/C19H20N2O4S/c1-14(2)25-17-6-8-18(9-7-17)26(23,24)11-10-19(22)21-16-5-3-4-15(12-16)13-20/h3-9,12,14H,10-11H2,1-2H3,(H,21,22). The molecule has 1 amide bonds. The molecular weight excluding hydrogens is 352 g/mol. The van der Waals surface area contributed by atoms with Crippen molar-refractivity contribution in [3.05, 3.63) is 54.1 Å². The van der Waals surface area contributed by atoms with Crippen LogP contribution in [0.25, 0.3) is 0 Å². The molecule has 0 fully saturated rings. The number of benzene rings is 2. The van der Waals surface area contributed by atoms with E-state index in [1.165, 1.54) is 18.2 Å². The lowest BCUT2D eigenvalue weighted by Crippen LogP contribution is -2.17. The normalized spacial score (nSPS) is 11.0. The fraction of sp³-hybridized carbons (Fsp3) is 0.263. The number of anilines is 1. The summed E-state index contributed by atoms with van der Waals surface area (Å²) in [5, 5.41) is 11.4. The fourth-order valence-electron chi connectivity index (χ4n) is 2.23. The van der Waals surface area contributed by atoms with Gasteiger partial charge in [0, 0.05) is 12.1 Å². The number of nitriles is 1. The number of ether oxygens (including phenoxy) is 1. The van der Waals surface area contributed by atoms with Gasteiger partial charge in [0.15, 0.2) is 9.84 Å². The summed E-state index contributed by atoms with van der Waals surface area (Å²) in [6.07, 6.45) is -0.177. The monoisotopic (exact) mass is 372 g/mol. The highest BCUT2D eigenvalue weighted by Gasteiger charge is 2.17. The van der Waals surface area contributed by atoms with E-state index in [-0.39, 0.29) is 23.2 Å². The van der Waals surface area contributed by atoms with Gasteiger partial charge < -0.3 is 10.1 Å². The molecule has 0 bridgehead atoms. The molecule has 0 aliphatic rings. The first kappa shape index (κ1) is 19.5. The zero-order valence-electron chi connectivity index (χ0n) is 14.6. The lowest BCUT2D eigenvalue weighted by atomic mass is 10.2. The molecule has 0 radical (unpaired) electrons. The number of nitrogens with zero attached hydrogens (tertiary/aromatic N) is 1. The Morgan fingerprint density at radius 3 is 2.50 bits per heavy atom. The highest BCUT2D eigenvalue weighted by molar-refractivity contribution is 7.91. The molecule has 0 unspecified atom stereocenters. The van der Waals surface area contributed by atoms with Gasteiger partial charge in [-0.05, 0) is 56.3 Å². The Balaban J connectivity index is 1.96. The Morgan fingerprint density at radius 2 is 1.88 bits per heavy atom. The summed E-state index contributed by atoms with van der Waals surface area (Å²) in [5.41, 5.74) is 0.876. The van der Waals surface area contributed by atoms with E-state index < -0.39 is 15.7 Å². The lowest BCUT2D eigenvalue weighted by molar-refractivity contribution is -0.115. The topological polar surface area (TPSA) is 96.3 Å². The van der Waals surface area contributed by atoms with Gasteiger partial charge in [0.1, 0.15) is 5.75 Å². The Bertz CT molecular complexity index is 913. The lowest BCUT2D eigenvalue weighted by Gasteiger charge is -2.10. The number of rotatable bonds is 7. The summed E-state index contributed by atoms with van der Waals surface area (Å²) in [4.78, 5) is 12.1. The van der Waals surface area contributed by atoms with Crippen LogP contribution in [0.3, 0.4) is 0 Å². The minimum absolute atomic E-state index is 0.000638. The molecule has 0 spiro atoms. The van der Waals surface area contributed by atoms with Crippen LogP contribution >= 0.6 is 0 Å². The molecule has 2 aromatic carbocycles. The number of carbonyl (C=O) groups excluding carboxylic acids is 1. The van der Waals surface area contributed by atoms with Gasteiger partial charge in [0.25, 0.3) is 0 Å². The third-order valence-electron chi connectivity index (χ3n) is 3.43. The Labute approximate surface area is 153 Å². The smallest absolute Gasteiger partial charge is 0.225 e. The van der Waals surface area contributed by atoms with Crippen LogP contribution in [-0.4, -0.2) is 26.2 Å².